The number of halogens is 1. The van der Waals surface area contributed by atoms with Crippen molar-refractivity contribution in [1.29, 1.82) is 0 Å². The number of nitrogens with zero attached hydrogens (tertiary/aromatic N) is 2. The van der Waals surface area contributed by atoms with E-state index in [-0.39, 0.29) is 6.04 Å². The Morgan fingerprint density at radius 2 is 1.68 bits per heavy atom. The number of hydrogen-bond donors (Lipinski definition) is 1. The maximum absolute atomic E-state index is 8.77. The first kappa shape index (κ1) is 19.3. The lowest BCUT2D eigenvalue weighted by Crippen LogP contribution is -2.34. The zero-order valence-corrected chi connectivity index (χ0v) is 15.5. The second-order valence-corrected chi connectivity index (χ2v) is 6.94. The second kappa shape index (κ2) is 12.7. The number of rotatable bonds is 12. The van der Waals surface area contributed by atoms with Crippen LogP contribution in [-0.4, -0.2) is 28.9 Å². The van der Waals surface area contributed by atoms with Crippen LogP contribution in [0.4, 0.5) is 0 Å². The molecule has 1 N–H and O–H groups in total. The molecule has 1 rings (SSSR count). The SMILES string of the molecule is CCCCCCCCCCCCN1C=CC=C(Br)C1C=NO. The fourth-order valence-electron chi connectivity index (χ4n) is 2.81. The Balaban J connectivity index is 2.04. The molecule has 0 saturated heterocycles. The van der Waals surface area contributed by atoms with Crippen molar-refractivity contribution in [2.24, 2.45) is 5.16 Å². The quantitative estimate of drug-likeness (QED) is 0.202. The van der Waals surface area contributed by atoms with Crippen LogP contribution in [0.2, 0.25) is 0 Å². The van der Waals surface area contributed by atoms with Gasteiger partial charge in [-0.15, -0.1) is 0 Å². The average molecular weight is 371 g/mol. The van der Waals surface area contributed by atoms with Crippen molar-refractivity contribution in [3.8, 4) is 0 Å². The smallest absolute Gasteiger partial charge is 0.0989 e. The lowest BCUT2D eigenvalue weighted by atomic mass is 10.1. The van der Waals surface area contributed by atoms with Gasteiger partial charge in [0.25, 0.3) is 0 Å². The highest BCUT2D eigenvalue weighted by molar-refractivity contribution is 9.11. The summed E-state index contributed by atoms with van der Waals surface area (Å²) in [5.74, 6) is 0. The summed E-state index contributed by atoms with van der Waals surface area (Å²) in [5, 5.41) is 12.0. The Morgan fingerprint density at radius 1 is 1.09 bits per heavy atom. The van der Waals surface area contributed by atoms with Crippen molar-refractivity contribution in [2.75, 3.05) is 6.54 Å². The Hall–Kier alpha value is -0.770. The number of unbranched alkanes of at least 4 members (excludes halogenated alkanes) is 9. The minimum atomic E-state index is 0.0357. The third-order valence-corrected chi connectivity index (χ3v) is 4.88. The van der Waals surface area contributed by atoms with Crippen molar-refractivity contribution in [3.05, 3.63) is 22.8 Å². The van der Waals surface area contributed by atoms with Gasteiger partial charge >= 0.3 is 0 Å². The maximum atomic E-state index is 8.77. The molecule has 0 bridgehead atoms. The molecule has 1 unspecified atom stereocenters. The summed E-state index contributed by atoms with van der Waals surface area (Å²) in [5.41, 5.74) is 0. The summed E-state index contributed by atoms with van der Waals surface area (Å²) in [6, 6.07) is 0.0357. The molecule has 126 valence electrons. The van der Waals surface area contributed by atoms with Crippen molar-refractivity contribution in [2.45, 2.75) is 77.2 Å². The molecule has 0 aliphatic carbocycles. The third kappa shape index (κ3) is 8.02. The maximum Gasteiger partial charge on any atom is 0.0989 e. The molecule has 0 aromatic rings. The molecular weight excluding hydrogens is 340 g/mol. The third-order valence-electron chi connectivity index (χ3n) is 4.15. The monoisotopic (exact) mass is 370 g/mol. The number of allylic oxidation sites excluding steroid dienone is 2. The van der Waals surface area contributed by atoms with Gasteiger partial charge in [-0.3, -0.25) is 0 Å². The lowest BCUT2D eigenvalue weighted by molar-refractivity contribution is 0.308. The molecule has 0 aromatic heterocycles. The number of oxime groups is 1. The van der Waals surface area contributed by atoms with Crippen LogP contribution in [0.1, 0.15) is 71.1 Å². The van der Waals surface area contributed by atoms with Crippen LogP contribution < -0.4 is 0 Å². The van der Waals surface area contributed by atoms with Crippen molar-refractivity contribution >= 4 is 22.1 Å². The zero-order valence-electron chi connectivity index (χ0n) is 13.9. The molecule has 0 fully saturated rings. The van der Waals surface area contributed by atoms with Crippen LogP contribution in [0.15, 0.2) is 28.0 Å². The molecule has 1 heterocycles. The largest absolute Gasteiger partial charge is 0.411 e. The van der Waals surface area contributed by atoms with Gasteiger partial charge in [-0.25, -0.2) is 0 Å². The average Bonchev–Trinajstić information content (AvgIpc) is 2.52. The van der Waals surface area contributed by atoms with E-state index in [4.69, 9.17) is 5.21 Å². The van der Waals surface area contributed by atoms with Crippen molar-refractivity contribution < 1.29 is 5.21 Å². The molecule has 4 heteroatoms. The molecule has 1 aliphatic rings. The van der Waals surface area contributed by atoms with E-state index in [1.807, 2.05) is 12.2 Å². The Morgan fingerprint density at radius 3 is 2.27 bits per heavy atom. The summed E-state index contributed by atoms with van der Waals surface area (Å²) < 4.78 is 1.04. The van der Waals surface area contributed by atoms with Crippen LogP contribution in [0, 0.1) is 0 Å². The highest BCUT2D eigenvalue weighted by Gasteiger charge is 2.18. The molecule has 0 amide bonds. The zero-order chi connectivity index (χ0) is 16.0. The minimum absolute atomic E-state index is 0.0357. The highest BCUT2D eigenvalue weighted by Crippen LogP contribution is 2.21. The van der Waals surface area contributed by atoms with Crippen LogP contribution in [0.5, 0.6) is 0 Å². The van der Waals surface area contributed by atoms with E-state index in [2.05, 4.69) is 39.1 Å². The summed E-state index contributed by atoms with van der Waals surface area (Å²) in [4.78, 5) is 2.22. The van der Waals surface area contributed by atoms with E-state index < -0.39 is 0 Å². The van der Waals surface area contributed by atoms with Crippen LogP contribution in [-0.2, 0) is 0 Å². The van der Waals surface area contributed by atoms with Gasteiger partial charge in [0, 0.05) is 17.2 Å². The first-order chi connectivity index (χ1) is 10.8. The molecule has 0 radical (unpaired) electrons. The first-order valence-corrected chi connectivity index (χ1v) is 9.56. The van der Waals surface area contributed by atoms with Gasteiger partial charge in [0.05, 0.1) is 12.3 Å². The van der Waals surface area contributed by atoms with Gasteiger partial charge in [0.2, 0.25) is 0 Å². The molecule has 1 atom stereocenters. The van der Waals surface area contributed by atoms with Crippen LogP contribution >= 0.6 is 15.9 Å². The second-order valence-electron chi connectivity index (χ2n) is 6.02. The molecule has 0 spiro atoms. The van der Waals surface area contributed by atoms with Gasteiger partial charge in [0.15, 0.2) is 0 Å². The van der Waals surface area contributed by atoms with Gasteiger partial charge < -0.3 is 10.1 Å². The summed E-state index contributed by atoms with van der Waals surface area (Å²) in [6.45, 7) is 3.27. The predicted molar refractivity (Wildman–Crippen MR) is 98.8 cm³/mol. The minimum Gasteiger partial charge on any atom is -0.411 e. The lowest BCUT2D eigenvalue weighted by Gasteiger charge is -2.29. The molecular formula is C18H31BrN2O. The molecule has 0 aromatic carbocycles. The molecule has 0 saturated carbocycles. The van der Waals surface area contributed by atoms with Crippen molar-refractivity contribution in [1.82, 2.24) is 4.90 Å². The van der Waals surface area contributed by atoms with E-state index in [1.54, 1.807) is 6.21 Å². The molecule has 3 nitrogen and oxygen atoms in total. The van der Waals surface area contributed by atoms with Gasteiger partial charge in [-0.1, -0.05) is 85.8 Å². The van der Waals surface area contributed by atoms with E-state index in [9.17, 15) is 0 Å². The van der Waals surface area contributed by atoms with Crippen molar-refractivity contribution in [3.63, 3.8) is 0 Å². The Labute approximate surface area is 144 Å². The fraction of sp³-hybridized carbons (Fsp3) is 0.722. The van der Waals surface area contributed by atoms with E-state index in [1.165, 1.54) is 64.2 Å². The standard InChI is InChI=1S/C18H31BrN2O/c1-2-3-4-5-6-7-8-9-10-11-14-21-15-12-13-17(19)18(21)16-20-22/h12-13,15-16,18,22H,2-11,14H2,1H3. The summed E-state index contributed by atoms with van der Waals surface area (Å²) >= 11 is 3.53. The van der Waals surface area contributed by atoms with Gasteiger partial charge in [-0.2, -0.15) is 0 Å². The molecule has 22 heavy (non-hydrogen) atoms. The molecule has 1 aliphatic heterocycles. The number of hydrogen-bond acceptors (Lipinski definition) is 3. The predicted octanol–water partition coefficient (Wildman–Crippen LogP) is 5.84. The fourth-order valence-corrected chi connectivity index (χ4v) is 3.34. The van der Waals surface area contributed by atoms with Crippen LogP contribution in [0.3, 0.4) is 0 Å². The summed E-state index contributed by atoms with van der Waals surface area (Å²) in [6.07, 6.45) is 21.2. The Kier molecular flexibility index (Phi) is 11.2. The van der Waals surface area contributed by atoms with Crippen LogP contribution in [0.25, 0.3) is 0 Å². The van der Waals surface area contributed by atoms with E-state index in [0.29, 0.717) is 0 Å². The van der Waals surface area contributed by atoms with E-state index in [0.717, 1.165) is 11.0 Å². The Bertz CT molecular complexity index is 366. The normalized spacial score (nSPS) is 18.2. The van der Waals surface area contributed by atoms with Gasteiger partial charge in [0.1, 0.15) is 0 Å². The first-order valence-electron chi connectivity index (χ1n) is 8.76. The topological polar surface area (TPSA) is 35.8 Å². The van der Waals surface area contributed by atoms with E-state index >= 15 is 0 Å². The highest BCUT2D eigenvalue weighted by atomic mass is 79.9. The van der Waals surface area contributed by atoms with Gasteiger partial charge in [-0.05, 0) is 18.6 Å². The summed E-state index contributed by atoms with van der Waals surface area (Å²) in [7, 11) is 0.